The molecular weight excluding hydrogens is 406 g/mol. The molecule has 1 fully saturated rings. The number of hydrogen-bond donors (Lipinski definition) is 1. The zero-order chi connectivity index (χ0) is 21.9. The molecule has 0 saturated carbocycles. The number of fused-ring (bicyclic) bond motifs is 2. The average molecular weight is 438 g/mol. The molecule has 1 aliphatic rings. The molecule has 1 unspecified atom stereocenters. The van der Waals surface area contributed by atoms with E-state index in [1.54, 1.807) is 17.7 Å². The summed E-state index contributed by atoms with van der Waals surface area (Å²) in [6.45, 7) is 17.7. The maximum atomic E-state index is 5.17. The standard InChI is InChI=1S/C23H31N7S/c1-7-28-8-9-29(14(4)10-28)23-27-20-18(13(2)3)19(26-22(20)31-23)17-11-30-21(24-12-25-30)16(6)15(17)5/h11-14,26H,7-10H2,1-6H3. The molecule has 1 aliphatic heterocycles. The van der Waals surface area contributed by atoms with Crippen molar-refractivity contribution in [3.05, 3.63) is 29.2 Å². The first-order valence-corrected chi connectivity index (χ1v) is 12.0. The van der Waals surface area contributed by atoms with Crippen LogP contribution in [0.25, 0.3) is 27.3 Å². The lowest BCUT2D eigenvalue weighted by molar-refractivity contribution is 0.240. The molecule has 164 valence electrons. The summed E-state index contributed by atoms with van der Waals surface area (Å²) in [5.74, 6) is 0.360. The summed E-state index contributed by atoms with van der Waals surface area (Å²) in [6.07, 6.45) is 3.72. The fraction of sp³-hybridized carbons (Fsp3) is 0.522. The highest BCUT2D eigenvalue weighted by atomic mass is 32.1. The van der Waals surface area contributed by atoms with Gasteiger partial charge in [0.05, 0.1) is 5.69 Å². The molecular formula is C23H31N7S. The molecule has 0 aliphatic carbocycles. The van der Waals surface area contributed by atoms with Crippen LogP contribution in [-0.4, -0.2) is 61.7 Å². The van der Waals surface area contributed by atoms with E-state index in [9.17, 15) is 0 Å². The zero-order valence-electron chi connectivity index (χ0n) is 19.2. The number of aromatic amines is 1. The lowest BCUT2D eigenvalue weighted by Crippen LogP contribution is -2.51. The maximum absolute atomic E-state index is 5.17. The van der Waals surface area contributed by atoms with Crippen molar-refractivity contribution in [2.24, 2.45) is 0 Å². The highest BCUT2D eigenvalue weighted by Gasteiger charge is 2.28. The summed E-state index contributed by atoms with van der Waals surface area (Å²) in [5.41, 5.74) is 8.07. The minimum atomic E-state index is 0.360. The minimum absolute atomic E-state index is 0.360. The van der Waals surface area contributed by atoms with Crippen LogP contribution in [0.15, 0.2) is 12.5 Å². The van der Waals surface area contributed by atoms with Gasteiger partial charge in [-0.05, 0) is 44.4 Å². The molecule has 4 aromatic rings. The SMILES string of the molecule is CCN1CCN(c2nc3c(C(C)C)c(-c4cn5ncnc5c(C)c4C)[nH]c3s2)C(C)C1. The van der Waals surface area contributed by atoms with Crippen molar-refractivity contribution in [1.29, 1.82) is 0 Å². The molecule has 1 N–H and O–H groups in total. The van der Waals surface area contributed by atoms with Crippen LogP contribution in [0.4, 0.5) is 5.13 Å². The van der Waals surface area contributed by atoms with Gasteiger partial charge in [0, 0.05) is 43.0 Å². The van der Waals surface area contributed by atoms with Crippen molar-refractivity contribution in [2.75, 3.05) is 31.1 Å². The van der Waals surface area contributed by atoms with E-state index in [2.05, 4.69) is 72.6 Å². The van der Waals surface area contributed by atoms with Gasteiger partial charge >= 0.3 is 0 Å². The Labute approximate surface area is 187 Å². The molecule has 0 aromatic carbocycles. The smallest absolute Gasteiger partial charge is 0.188 e. The Hall–Kier alpha value is -2.45. The topological polar surface area (TPSA) is 65.3 Å². The van der Waals surface area contributed by atoms with Gasteiger partial charge in [0.15, 0.2) is 10.8 Å². The third-order valence-electron chi connectivity index (χ3n) is 6.76. The Balaban J connectivity index is 1.61. The summed E-state index contributed by atoms with van der Waals surface area (Å²) in [5, 5.41) is 5.52. The second kappa shape index (κ2) is 7.60. The first kappa shape index (κ1) is 20.5. The second-order valence-corrected chi connectivity index (χ2v) is 9.98. The second-order valence-electron chi connectivity index (χ2n) is 9.00. The molecule has 5 heterocycles. The van der Waals surface area contributed by atoms with E-state index < -0.39 is 0 Å². The van der Waals surface area contributed by atoms with Crippen molar-refractivity contribution in [3.63, 3.8) is 0 Å². The van der Waals surface area contributed by atoms with E-state index >= 15 is 0 Å². The number of piperazine rings is 1. The number of pyridine rings is 1. The van der Waals surface area contributed by atoms with E-state index in [0.29, 0.717) is 12.0 Å². The van der Waals surface area contributed by atoms with Crippen molar-refractivity contribution in [3.8, 4) is 11.3 Å². The minimum Gasteiger partial charge on any atom is -0.344 e. The molecule has 1 atom stereocenters. The Bertz CT molecular complexity index is 1250. The van der Waals surface area contributed by atoms with Crippen molar-refractivity contribution in [2.45, 2.75) is 53.5 Å². The predicted molar refractivity (Wildman–Crippen MR) is 128 cm³/mol. The number of nitrogens with one attached hydrogen (secondary N) is 1. The van der Waals surface area contributed by atoms with E-state index in [-0.39, 0.29) is 0 Å². The number of aromatic nitrogens is 5. The lowest BCUT2D eigenvalue weighted by atomic mass is 9.96. The Morgan fingerprint density at radius 1 is 1.23 bits per heavy atom. The number of H-pyrrole nitrogens is 1. The van der Waals surface area contributed by atoms with Crippen LogP contribution in [0, 0.1) is 13.8 Å². The summed E-state index contributed by atoms with van der Waals surface area (Å²) in [4.78, 5) is 19.5. The zero-order valence-corrected chi connectivity index (χ0v) is 20.0. The summed E-state index contributed by atoms with van der Waals surface area (Å²) in [6, 6.07) is 0.477. The molecule has 7 nitrogen and oxygen atoms in total. The third-order valence-corrected chi connectivity index (χ3v) is 7.76. The number of anilines is 1. The first-order chi connectivity index (χ1) is 14.9. The van der Waals surface area contributed by atoms with Gasteiger partial charge < -0.3 is 9.88 Å². The van der Waals surface area contributed by atoms with Crippen molar-refractivity contribution < 1.29 is 0 Å². The summed E-state index contributed by atoms with van der Waals surface area (Å²) >= 11 is 1.78. The number of likely N-dealkylation sites (N-methyl/N-ethyl adjacent to an activating group) is 1. The molecule has 0 spiro atoms. The van der Waals surface area contributed by atoms with Crippen LogP contribution < -0.4 is 4.90 Å². The third kappa shape index (κ3) is 3.24. The van der Waals surface area contributed by atoms with Crippen molar-refractivity contribution in [1.82, 2.24) is 29.5 Å². The lowest BCUT2D eigenvalue weighted by Gasteiger charge is -2.39. The van der Waals surface area contributed by atoms with Gasteiger partial charge in [-0.2, -0.15) is 5.10 Å². The fourth-order valence-electron chi connectivity index (χ4n) is 4.83. The van der Waals surface area contributed by atoms with Crippen LogP contribution in [-0.2, 0) is 0 Å². The number of nitrogens with zero attached hydrogens (tertiary/aromatic N) is 6. The van der Waals surface area contributed by atoms with Crippen molar-refractivity contribution >= 4 is 32.5 Å². The molecule has 0 amide bonds. The van der Waals surface area contributed by atoms with Gasteiger partial charge in [0.25, 0.3) is 0 Å². The number of aryl methyl sites for hydroxylation is 1. The number of rotatable bonds is 4. The Morgan fingerprint density at radius 2 is 2.03 bits per heavy atom. The van der Waals surface area contributed by atoms with Gasteiger partial charge in [0.1, 0.15) is 16.7 Å². The summed E-state index contributed by atoms with van der Waals surface area (Å²) in [7, 11) is 0. The Kier molecular flexibility index (Phi) is 5.01. The van der Waals surface area contributed by atoms with Gasteiger partial charge in [-0.15, -0.1) is 0 Å². The highest BCUT2D eigenvalue weighted by molar-refractivity contribution is 7.21. The molecule has 1 saturated heterocycles. The van der Waals surface area contributed by atoms with Crippen LogP contribution in [0.3, 0.4) is 0 Å². The number of hydrogen-bond acceptors (Lipinski definition) is 6. The average Bonchev–Trinajstić information content (AvgIpc) is 3.44. The van der Waals surface area contributed by atoms with E-state index in [1.807, 2.05) is 4.52 Å². The Morgan fingerprint density at radius 3 is 2.74 bits per heavy atom. The van der Waals surface area contributed by atoms with E-state index in [0.717, 1.165) is 53.0 Å². The molecule has 5 rings (SSSR count). The van der Waals surface area contributed by atoms with Crippen LogP contribution in [0.5, 0.6) is 0 Å². The monoisotopic (exact) mass is 437 g/mol. The largest absolute Gasteiger partial charge is 0.344 e. The quantitative estimate of drug-likeness (QED) is 0.505. The van der Waals surface area contributed by atoms with Crippen LogP contribution in [0.1, 0.15) is 50.3 Å². The first-order valence-electron chi connectivity index (χ1n) is 11.2. The normalized spacial score (nSPS) is 18.2. The number of thiazole rings is 1. The maximum Gasteiger partial charge on any atom is 0.188 e. The molecule has 31 heavy (non-hydrogen) atoms. The summed E-state index contributed by atoms with van der Waals surface area (Å²) < 4.78 is 1.88. The van der Waals surface area contributed by atoms with E-state index in [1.165, 1.54) is 22.3 Å². The van der Waals surface area contributed by atoms with Crippen LogP contribution in [0.2, 0.25) is 0 Å². The molecule has 8 heteroatoms. The fourth-order valence-corrected chi connectivity index (χ4v) is 5.94. The van der Waals surface area contributed by atoms with E-state index in [4.69, 9.17) is 4.98 Å². The molecule has 4 aromatic heterocycles. The highest BCUT2D eigenvalue weighted by Crippen LogP contribution is 2.41. The van der Waals surface area contributed by atoms with Gasteiger partial charge in [-0.1, -0.05) is 32.1 Å². The molecule has 0 radical (unpaired) electrons. The van der Waals surface area contributed by atoms with Gasteiger partial charge in [0.2, 0.25) is 0 Å². The van der Waals surface area contributed by atoms with Gasteiger partial charge in [-0.3, -0.25) is 4.90 Å². The van der Waals surface area contributed by atoms with Gasteiger partial charge in [-0.25, -0.2) is 14.5 Å². The molecule has 0 bridgehead atoms. The predicted octanol–water partition coefficient (Wildman–Crippen LogP) is 4.60. The van der Waals surface area contributed by atoms with Crippen LogP contribution >= 0.6 is 11.3 Å².